The van der Waals surface area contributed by atoms with Crippen LogP contribution in [0, 0.1) is 5.41 Å². The smallest absolute Gasteiger partial charge is 0.219 e. The number of rotatable bonds is 7. The molecule has 6 nitrogen and oxygen atoms in total. The molecule has 1 amide bonds. The lowest BCUT2D eigenvalue weighted by molar-refractivity contribution is -0.127. The third-order valence-corrected chi connectivity index (χ3v) is 5.29. The predicted molar refractivity (Wildman–Crippen MR) is 115 cm³/mol. The molecular formula is C21H22BClN4O2. The van der Waals surface area contributed by atoms with E-state index < -0.39 is 0 Å². The maximum Gasteiger partial charge on any atom is 0.219 e. The van der Waals surface area contributed by atoms with Crippen molar-refractivity contribution in [3.63, 3.8) is 0 Å². The van der Waals surface area contributed by atoms with Gasteiger partial charge in [-0.15, -0.1) is 0 Å². The summed E-state index contributed by atoms with van der Waals surface area (Å²) in [6.07, 6.45) is 0.670. The van der Waals surface area contributed by atoms with E-state index in [1.54, 1.807) is 51.4 Å². The second-order valence-electron chi connectivity index (χ2n) is 7.01. The molecule has 1 N–H and O–H groups in total. The van der Waals surface area contributed by atoms with Gasteiger partial charge in [0.1, 0.15) is 7.85 Å². The molecule has 8 heteroatoms. The number of hydrogen-bond donors (Lipinski definition) is 1. The zero-order chi connectivity index (χ0) is 21.1. The number of fused-ring (bicyclic) bond motifs is 1. The number of Topliss-reactive ketones (excluding diaryl/α,β-unsaturated/α-hetero) is 1. The van der Waals surface area contributed by atoms with Gasteiger partial charge in [-0.2, -0.15) is 0 Å². The van der Waals surface area contributed by atoms with Crippen molar-refractivity contribution < 1.29 is 9.59 Å². The first-order valence-corrected chi connectivity index (χ1v) is 9.70. The van der Waals surface area contributed by atoms with Gasteiger partial charge in [0.25, 0.3) is 0 Å². The van der Waals surface area contributed by atoms with Gasteiger partial charge in [-0.25, -0.2) is 0 Å². The Bertz CT molecular complexity index is 1120. The number of imidazole rings is 1. The van der Waals surface area contributed by atoms with Crippen LogP contribution < -0.4 is 11.1 Å². The van der Waals surface area contributed by atoms with E-state index in [1.807, 2.05) is 12.1 Å². The van der Waals surface area contributed by atoms with E-state index in [0.717, 1.165) is 11.0 Å². The molecule has 29 heavy (non-hydrogen) atoms. The van der Waals surface area contributed by atoms with Crippen molar-refractivity contribution in [2.45, 2.75) is 26.4 Å². The van der Waals surface area contributed by atoms with Crippen molar-refractivity contribution in [3.8, 4) is 0 Å². The highest BCUT2D eigenvalue weighted by Crippen LogP contribution is 2.23. The number of carbonyl (C=O) groups excluding carboxylic acids is 2. The third-order valence-electron chi connectivity index (χ3n) is 4.98. The van der Waals surface area contributed by atoms with Crippen molar-refractivity contribution in [3.05, 3.63) is 58.7 Å². The molecule has 148 valence electrons. The molecule has 1 aromatic heterocycles. The van der Waals surface area contributed by atoms with E-state index >= 15 is 0 Å². The van der Waals surface area contributed by atoms with Crippen LogP contribution in [0.3, 0.4) is 0 Å². The molecule has 2 aromatic carbocycles. The zero-order valence-electron chi connectivity index (χ0n) is 16.5. The fraction of sp³-hybridized carbons (Fsp3) is 0.286. The Kier molecular flexibility index (Phi) is 6.28. The predicted octanol–water partition coefficient (Wildman–Crippen LogP) is 2.12. The summed E-state index contributed by atoms with van der Waals surface area (Å²) in [5.74, 6) is -0.116. The lowest BCUT2D eigenvalue weighted by Gasteiger charge is -2.14. The first-order valence-electron chi connectivity index (χ1n) is 9.32. The number of benzene rings is 2. The van der Waals surface area contributed by atoms with Crippen LogP contribution in [-0.2, 0) is 17.9 Å². The number of aromatic nitrogens is 2. The molecule has 3 rings (SSSR count). The molecule has 0 saturated heterocycles. The summed E-state index contributed by atoms with van der Waals surface area (Å²) in [4.78, 5) is 25.8. The van der Waals surface area contributed by atoms with Gasteiger partial charge >= 0.3 is 0 Å². The highest BCUT2D eigenvalue weighted by atomic mass is 35.5. The summed E-state index contributed by atoms with van der Waals surface area (Å²) in [6, 6.07) is 12.2. The average Bonchev–Trinajstić information content (AvgIpc) is 2.95. The van der Waals surface area contributed by atoms with Crippen LogP contribution in [0.1, 0.15) is 23.7 Å². The van der Waals surface area contributed by atoms with Crippen molar-refractivity contribution in [1.82, 2.24) is 14.0 Å². The Balaban J connectivity index is 1.93. The Hall–Kier alpha value is -2.80. The third kappa shape index (κ3) is 4.45. The highest BCUT2D eigenvalue weighted by Gasteiger charge is 2.17. The van der Waals surface area contributed by atoms with E-state index in [9.17, 15) is 9.59 Å². The molecule has 0 spiro atoms. The number of carbonyl (C=O) groups is 2. The van der Waals surface area contributed by atoms with E-state index in [1.165, 1.54) is 6.92 Å². The van der Waals surface area contributed by atoms with Crippen molar-refractivity contribution in [2.75, 3.05) is 13.6 Å². The largest absolute Gasteiger partial charge is 0.346 e. The van der Waals surface area contributed by atoms with Gasteiger partial charge in [-0.05, 0) is 18.6 Å². The number of halogens is 1. The topological polar surface area (TPSA) is 71.1 Å². The van der Waals surface area contributed by atoms with E-state index in [4.69, 9.17) is 24.9 Å². The van der Waals surface area contributed by atoms with Crippen LogP contribution in [-0.4, -0.2) is 47.2 Å². The highest BCUT2D eigenvalue weighted by molar-refractivity contribution is 6.35. The van der Waals surface area contributed by atoms with Gasteiger partial charge < -0.3 is 14.0 Å². The van der Waals surface area contributed by atoms with E-state index in [2.05, 4.69) is 0 Å². The van der Waals surface area contributed by atoms with Crippen LogP contribution in [0.5, 0.6) is 0 Å². The number of hydrogen-bond acceptors (Lipinski definition) is 3. The standard InChI is InChI=1S/C21H22BClN4O2/c1-14(28)25(2)11-4-12-26-20-17(23)5-3-6-18(20)27(21(26)24)13-19(29)15-7-9-16(22)10-8-15/h3,5-10,24H,4,11-13H2,1-2H3. The molecule has 0 atom stereocenters. The maximum atomic E-state index is 12.8. The second-order valence-corrected chi connectivity index (χ2v) is 7.42. The van der Waals surface area contributed by atoms with E-state index in [-0.39, 0.29) is 23.9 Å². The van der Waals surface area contributed by atoms with Gasteiger partial charge in [0, 0.05) is 32.6 Å². The molecule has 0 aliphatic carbocycles. The maximum absolute atomic E-state index is 12.8. The van der Waals surface area contributed by atoms with Gasteiger partial charge in [0.2, 0.25) is 11.5 Å². The van der Waals surface area contributed by atoms with Crippen LogP contribution in [0.4, 0.5) is 0 Å². The minimum atomic E-state index is -0.112. The average molecular weight is 409 g/mol. The number of ketones is 1. The van der Waals surface area contributed by atoms with Crippen LogP contribution >= 0.6 is 11.6 Å². The van der Waals surface area contributed by atoms with E-state index in [0.29, 0.717) is 35.6 Å². The lowest BCUT2D eigenvalue weighted by Crippen LogP contribution is -2.29. The van der Waals surface area contributed by atoms with Crippen molar-refractivity contribution >= 4 is 47.6 Å². The minimum Gasteiger partial charge on any atom is -0.346 e. The summed E-state index contributed by atoms with van der Waals surface area (Å²) in [7, 11) is 7.44. The van der Waals surface area contributed by atoms with Crippen molar-refractivity contribution in [2.24, 2.45) is 0 Å². The second kappa shape index (κ2) is 8.70. The fourth-order valence-corrected chi connectivity index (χ4v) is 3.53. The van der Waals surface area contributed by atoms with Crippen molar-refractivity contribution in [1.29, 1.82) is 5.41 Å². The SMILES string of the molecule is [B]c1ccc(C(=O)Cn2c(=N)n(CCCN(C)C(C)=O)c3c(Cl)cccc32)cc1. The summed E-state index contributed by atoms with van der Waals surface area (Å²) in [5.41, 5.74) is 2.77. The summed E-state index contributed by atoms with van der Waals surface area (Å²) in [6.45, 7) is 2.64. The first-order chi connectivity index (χ1) is 13.8. The van der Waals surface area contributed by atoms with Gasteiger partial charge in [0.15, 0.2) is 5.78 Å². The zero-order valence-corrected chi connectivity index (χ0v) is 17.2. The Labute approximate surface area is 175 Å². The van der Waals surface area contributed by atoms with Gasteiger partial charge in [-0.3, -0.25) is 15.0 Å². The number of aryl methyl sites for hydroxylation is 1. The molecule has 0 bridgehead atoms. The fourth-order valence-electron chi connectivity index (χ4n) is 3.26. The Morgan fingerprint density at radius 3 is 2.48 bits per heavy atom. The molecule has 0 saturated carbocycles. The number of nitrogens with zero attached hydrogens (tertiary/aromatic N) is 3. The normalized spacial score (nSPS) is 11.0. The summed E-state index contributed by atoms with van der Waals surface area (Å²) >= 11 is 6.43. The van der Waals surface area contributed by atoms with Gasteiger partial charge in [0.05, 0.1) is 22.6 Å². The van der Waals surface area contributed by atoms with Gasteiger partial charge in [-0.1, -0.05) is 47.4 Å². The molecular weight excluding hydrogens is 387 g/mol. The summed E-state index contributed by atoms with van der Waals surface area (Å²) < 4.78 is 3.45. The van der Waals surface area contributed by atoms with Crippen LogP contribution in [0.15, 0.2) is 42.5 Å². The molecule has 3 aromatic rings. The molecule has 1 heterocycles. The number of amides is 1. The molecule has 0 fully saturated rings. The monoisotopic (exact) mass is 408 g/mol. The number of nitrogens with one attached hydrogen (secondary N) is 1. The first kappa shape index (κ1) is 20.9. The van der Waals surface area contributed by atoms with Crippen LogP contribution in [0.25, 0.3) is 11.0 Å². The Morgan fingerprint density at radius 1 is 1.14 bits per heavy atom. The number of para-hydroxylation sites is 1. The Morgan fingerprint density at radius 2 is 1.83 bits per heavy atom. The molecule has 0 unspecified atom stereocenters. The molecule has 0 aliphatic heterocycles. The minimum absolute atomic E-state index is 0.00403. The van der Waals surface area contributed by atoms with Crippen LogP contribution in [0.2, 0.25) is 5.02 Å². The lowest BCUT2D eigenvalue weighted by atomic mass is 9.94. The quantitative estimate of drug-likeness (QED) is 0.480. The molecule has 0 aliphatic rings. The molecule has 2 radical (unpaired) electrons. The summed E-state index contributed by atoms with van der Waals surface area (Å²) in [5, 5.41) is 9.17.